The molecule has 0 aromatic carbocycles. The van der Waals surface area contributed by atoms with Crippen LogP contribution in [0.2, 0.25) is 0 Å². The minimum absolute atomic E-state index is 0.343. The van der Waals surface area contributed by atoms with E-state index in [0.717, 1.165) is 12.8 Å². The highest BCUT2D eigenvalue weighted by Crippen LogP contribution is 2.11. The molecule has 0 radical (unpaired) electrons. The molecule has 0 saturated heterocycles. The number of hydrogen-bond donors (Lipinski definition) is 1. The van der Waals surface area contributed by atoms with Crippen LogP contribution in [0.5, 0.6) is 0 Å². The molecule has 0 heterocycles. The van der Waals surface area contributed by atoms with Gasteiger partial charge in [-0.25, -0.2) is 0 Å². The Kier molecular flexibility index (Phi) is 10.7. The van der Waals surface area contributed by atoms with Crippen LogP contribution >= 0.6 is 0 Å². The summed E-state index contributed by atoms with van der Waals surface area (Å²) in [5.41, 5.74) is 0. The van der Waals surface area contributed by atoms with E-state index in [2.05, 4.69) is 6.92 Å². The van der Waals surface area contributed by atoms with Gasteiger partial charge in [0.1, 0.15) is 0 Å². The number of aliphatic hydroxyl groups is 1. The molecule has 0 atom stereocenters. The summed E-state index contributed by atoms with van der Waals surface area (Å²) < 4.78 is 14.8. The summed E-state index contributed by atoms with van der Waals surface area (Å²) in [4.78, 5) is 0. The van der Waals surface area contributed by atoms with Gasteiger partial charge >= 0.3 is 0 Å². The predicted octanol–water partition coefficient (Wildman–Crippen LogP) is 4.68. The Morgan fingerprint density at radius 2 is 1.13 bits per heavy atom. The van der Waals surface area contributed by atoms with E-state index in [-0.39, 0.29) is 6.61 Å². The second kappa shape index (κ2) is 14.0. The third-order valence-corrected chi connectivity index (χ3v) is 2.82. The van der Waals surface area contributed by atoms with Gasteiger partial charge in [0.15, 0.2) is 0 Å². The van der Waals surface area contributed by atoms with E-state index in [1.807, 2.05) is 0 Å². The zero-order valence-electron chi connectivity index (χ0n) is 12.4. The molecule has 0 bridgehead atoms. The van der Waals surface area contributed by atoms with Crippen molar-refractivity contribution in [3.8, 4) is 0 Å². The van der Waals surface area contributed by atoms with E-state index in [9.17, 15) is 0 Å². The fourth-order valence-corrected chi connectivity index (χ4v) is 1.82. The van der Waals surface area contributed by atoms with Crippen LogP contribution in [0.15, 0.2) is 0 Å². The van der Waals surface area contributed by atoms with Crippen molar-refractivity contribution < 1.29 is 7.85 Å². The molecule has 0 rings (SSSR count). The first kappa shape index (κ1) is 11.4. The molecule has 15 heavy (non-hydrogen) atoms. The van der Waals surface area contributed by atoms with E-state index < -0.39 is 6.37 Å². The van der Waals surface area contributed by atoms with Crippen molar-refractivity contribution >= 4 is 0 Å². The molecular weight excluding hydrogens is 184 g/mol. The highest BCUT2D eigenvalue weighted by molar-refractivity contribution is 4.47. The first-order chi connectivity index (χ1) is 8.12. The molecule has 0 saturated carbocycles. The standard InChI is InChI=1S/C14H30O/c1-2-3-4-5-6-7-8-9-10-11-12-13-14-15/h15H,2-14H2,1H3/i13D2. The largest absolute Gasteiger partial charge is 0.396 e. The topological polar surface area (TPSA) is 20.2 Å². The fraction of sp³-hybridized carbons (Fsp3) is 1.00. The summed E-state index contributed by atoms with van der Waals surface area (Å²) in [5, 5.41) is 8.76. The summed E-state index contributed by atoms with van der Waals surface area (Å²) in [5.74, 6) is 0. The molecular formula is C14H30O. The van der Waals surface area contributed by atoms with Crippen molar-refractivity contribution in [3.63, 3.8) is 0 Å². The SMILES string of the molecule is [2H]C([2H])(CO)CCCCCCCCCCCC. The quantitative estimate of drug-likeness (QED) is 0.470. The minimum Gasteiger partial charge on any atom is -0.396 e. The zero-order valence-corrected chi connectivity index (χ0v) is 10.4. The molecule has 1 nitrogen and oxygen atoms in total. The van der Waals surface area contributed by atoms with Gasteiger partial charge in [-0.3, -0.25) is 0 Å². The highest BCUT2D eigenvalue weighted by Gasteiger charge is 1.92. The van der Waals surface area contributed by atoms with Crippen molar-refractivity contribution in [2.45, 2.75) is 83.9 Å². The lowest BCUT2D eigenvalue weighted by Crippen LogP contribution is -1.84. The number of hydrogen-bond acceptors (Lipinski definition) is 1. The Labute approximate surface area is 99.1 Å². The average Bonchev–Trinajstić information content (AvgIpc) is 2.31. The third kappa shape index (κ3) is 14.0. The van der Waals surface area contributed by atoms with Gasteiger partial charge in [0.05, 0.1) is 0 Å². The number of rotatable bonds is 12. The van der Waals surface area contributed by atoms with Gasteiger partial charge in [-0.1, -0.05) is 77.6 Å². The fourth-order valence-electron chi connectivity index (χ4n) is 1.82. The molecule has 0 aliphatic heterocycles. The Balaban J connectivity index is 3.09. The van der Waals surface area contributed by atoms with Crippen LogP contribution in [0.3, 0.4) is 0 Å². The monoisotopic (exact) mass is 216 g/mol. The van der Waals surface area contributed by atoms with Crippen LogP contribution in [0.1, 0.15) is 86.7 Å². The van der Waals surface area contributed by atoms with E-state index in [4.69, 9.17) is 7.85 Å². The molecule has 0 aromatic heterocycles. The van der Waals surface area contributed by atoms with Crippen LogP contribution in [-0.4, -0.2) is 11.7 Å². The van der Waals surface area contributed by atoms with E-state index >= 15 is 0 Å². The third-order valence-electron chi connectivity index (χ3n) is 2.82. The summed E-state index contributed by atoms with van der Waals surface area (Å²) in [6, 6.07) is 0. The molecule has 1 N–H and O–H groups in total. The van der Waals surface area contributed by atoms with Crippen LogP contribution < -0.4 is 0 Å². The van der Waals surface area contributed by atoms with Crippen molar-refractivity contribution in [1.29, 1.82) is 0 Å². The van der Waals surface area contributed by atoms with E-state index in [1.54, 1.807) is 0 Å². The molecule has 0 aliphatic rings. The maximum Gasteiger partial charge on any atom is 0.0431 e. The Morgan fingerprint density at radius 3 is 1.53 bits per heavy atom. The molecule has 0 unspecified atom stereocenters. The van der Waals surface area contributed by atoms with Gasteiger partial charge in [-0.15, -0.1) is 0 Å². The molecule has 0 spiro atoms. The van der Waals surface area contributed by atoms with Gasteiger partial charge in [0.25, 0.3) is 0 Å². The van der Waals surface area contributed by atoms with Gasteiger partial charge < -0.3 is 5.11 Å². The summed E-state index contributed by atoms with van der Waals surface area (Å²) in [6.07, 6.45) is 11.8. The van der Waals surface area contributed by atoms with Gasteiger partial charge in [-0.2, -0.15) is 0 Å². The van der Waals surface area contributed by atoms with E-state index in [0.29, 0.717) is 6.42 Å². The average molecular weight is 216 g/mol. The lowest BCUT2D eigenvalue weighted by Gasteiger charge is -2.01. The summed E-state index contributed by atoms with van der Waals surface area (Å²) >= 11 is 0. The predicted molar refractivity (Wildman–Crippen MR) is 68.2 cm³/mol. The lowest BCUT2D eigenvalue weighted by atomic mass is 10.1. The maximum absolute atomic E-state index is 8.76. The van der Waals surface area contributed by atoms with Crippen molar-refractivity contribution in [2.75, 3.05) is 6.61 Å². The van der Waals surface area contributed by atoms with Crippen molar-refractivity contribution in [2.24, 2.45) is 0 Å². The molecule has 0 fully saturated rings. The molecule has 92 valence electrons. The second-order valence-corrected chi connectivity index (χ2v) is 4.34. The number of unbranched alkanes of at least 4 members (excludes halogenated alkanes) is 9. The summed E-state index contributed by atoms with van der Waals surface area (Å²) in [7, 11) is 0. The zero-order chi connectivity index (χ0) is 13.0. The molecule has 0 amide bonds. The van der Waals surface area contributed by atoms with Crippen molar-refractivity contribution in [3.05, 3.63) is 0 Å². The molecule has 0 aromatic rings. The van der Waals surface area contributed by atoms with Crippen LogP contribution in [0, 0.1) is 0 Å². The van der Waals surface area contributed by atoms with Gasteiger partial charge in [0, 0.05) is 9.35 Å². The van der Waals surface area contributed by atoms with Crippen LogP contribution in [-0.2, 0) is 0 Å². The number of aliphatic hydroxyl groups excluding tert-OH is 1. The van der Waals surface area contributed by atoms with Crippen LogP contribution in [0.25, 0.3) is 0 Å². The van der Waals surface area contributed by atoms with E-state index in [1.165, 1.54) is 51.4 Å². The summed E-state index contributed by atoms with van der Waals surface area (Å²) in [6.45, 7) is 1.90. The Bertz CT molecular complexity index is 160. The Morgan fingerprint density at radius 1 is 0.733 bits per heavy atom. The van der Waals surface area contributed by atoms with Crippen molar-refractivity contribution in [1.82, 2.24) is 0 Å². The maximum atomic E-state index is 8.76. The van der Waals surface area contributed by atoms with Gasteiger partial charge in [0.2, 0.25) is 0 Å². The first-order valence-corrected chi connectivity index (χ1v) is 6.73. The minimum atomic E-state index is -1.36. The second-order valence-electron chi connectivity index (χ2n) is 4.34. The molecule has 1 heteroatoms. The Hall–Kier alpha value is -0.0400. The normalized spacial score (nSPS) is 13.7. The highest BCUT2D eigenvalue weighted by atomic mass is 16.2. The molecule has 0 aliphatic carbocycles. The van der Waals surface area contributed by atoms with Gasteiger partial charge in [-0.05, 0) is 6.37 Å². The smallest absolute Gasteiger partial charge is 0.0431 e. The van der Waals surface area contributed by atoms with Crippen LogP contribution in [0.4, 0.5) is 0 Å². The lowest BCUT2D eigenvalue weighted by molar-refractivity contribution is 0.282. The first-order valence-electron chi connectivity index (χ1n) is 7.73.